The second-order valence-corrected chi connectivity index (χ2v) is 4.31. The average molecular weight is 223 g/mol. The fourth-order valence-electron chi connectivity index (χ4n) is 2.48. The lowest BCUT2D eigenvalue weighted by Gasteiger charge is -2.07. The van der Waals surface area contributed by atoms with E-state index in [9.17, 15) is 9.90 Å². The molecule has 0 radical (unpaired) electrons. The molecule has 0 aromatic carbocycles. The summed E-state index contributed by atoms with van der Waals surface area (Å²) in [5.74, 6) is 0.0401. The minimum Gasteiger partial charge on any atom is -0.478 e. The summed E-state index contributed by atoms with van der Waals surface area (Å²) in [6, 6.07) is 0. The lowest BCUT2D eigenvalue weighted by Crippen LogP contribution is -2.10. The summed E-state index contributed by atoms with van der Waals surface area (Å²) < 4.78 is 5.37. The van der Waals surface area contributed by atoms with Gasteiger partial charge < -0.3 is 14.8 Å². The number of rotatable bonds is 4. The Hall–Kier alpha value is -1.29. The molecule has 0 saturated heterocycles. The van der Waals surface area contributed by atoms with Gasteiger partial charge in [0.1, 0.15) is 11.3 Å². The molecule has 1 heterocycles. The quantitative estimate of drug-likeness (QED) is 0.822. The highest BCUT2D eigenvalue weighted by Crippen LogP contribution is 2.37. The smallest absolute Gasteiger partial charge is 0.339 e. The van der Waals surface area contributed by atoms with Crippen molar-refractivity contribution in [2.24, 2.45) is 0 Å². The molecule has 0 unspecified atom stereocenters. The van der Waals surface area contributed by atoms with E-state index >= 15 is 0 Å². The van der Waals surface area contributed by atoms with Gasteiger partial charge in [0.25, 0.3) is 0 Å². The third kappa shape index (κ3) is 1.97. The molecule has 4 heteroatoms. The second-order valence-electron chi connectivity index (χ2n) is 4.31. The maximum Gasteiger partial charge on any atom is 0.339 e. The molecule has 4 nitrogen and oxygen atoms in total. The van der Waals surface area contributed by atoms with Crippen LogP contribution < -0.4 is 5.32 Å². The van der Waals surface area contributed by atoms with Crippen molar-refractivity contribution in [2.75, 3.05) is 7.05 Å². The molecular weight excluding hydrogens is 206 g/mol. The molecule has 1 aliphatic carbocycles. The van der Waals surface area contributed by atoms with Crippen molar-refractivity contribution in [1.29, 1.82) is 0 Å². The van der Waals surface area contributed by atoms with Crippen LogP contribution in [0.1, 0.15) is 53.3 Å². The van der Waals surface area contributed by atoms with Gasteiger partial charge >= 0.3 is 5.97 Å². The first-order chi connectivity index (χ1) is 7.74. The summed E-state index contributed by atoms with van der Waals surface area (Å²) in [5, 5.41) is 12.2. The number of carbonyl (C=O) groups is 1. The van der Waals surface area contributed by atoms with Crippen molar-refractivity contribution in [3.8, 4) is 0 Å². The fourth-order valence-corrected chi connectivity index (χ4v) is 2.48. The van der Waals surface area contributed by atoms with E-state index in [4.69, 9.17) is 4.42 Å². The Kier molecular flexibility index (Phi) is 3.29. The second kappa shape index (κ2) is 4.70. The zero-order valence-corrected chi connectivity index (χ0v) is 9.45. The van der Waals surface area contributed by atoms with Crippen molar-refractivity contribution in [1.82, 2.24) is 5.32 Å². The maximum atomic E-state index is 11.2. The third-order valence-electron chi connectivity index (χ3n) is 3.24. The summed E-state index contributed by atoms with van der Waals surface area (Å²) in [7, 11) is 1.78. The van der Waals surface area contributed by atoms with Gasteiger partial charge in [-0.15, -0.1) is 0 Å². The predicted octanol–water partition coefficient (Wildman–Crippen LogP) is 2.35. The van der Waals surface area contributed by atoms with Gasteiger partial charge in [-0.1, -0.05) is 12.8 Å². The summed E-state index contributed by atoms with van der Waals surface area (Å²) in [4.78, 5) is 11.2. The van der Waals surface area contributed by atoms with E-state index < -0.39 is 5.97 Å². The monoisotopic (exact) mass is 223 g/mol. The molecule has 1 aromatic rings. The number of hydrogen-bond acceptors (Lipinski definition) is 3. The predicted molar refractivity (Wildman–Crippen MR) is 59.6 cm³/mol. The summed E-state index contributed by atoms with van der Waals surface area (Å²) in [5.41, 5.74) is 1.26. The van der Waals surface area contributed by atoms with Crippen LogP contribution in [0.5, 0.6) is 0 Å². The topological polar surface area (TPSA) is 62.5 Å². The summed E-state index contributed by atoms with van der Waals surface area (Å²) >= 11 is 0. The molecule has 0 atom stereocenters. The Bertz CT molecular complexity index is 378. The van der Waals surface area contributed by atoms with Crippen LogP contribution in [0.4, 0.5) is 0 Å². The first kappa shape index (κ1) is 11.2. The highest BCUT2D eigenvalue weighted by atomic mass is 16.4. The van der Waals surface area contributed by atoms with Crippen molar-refractivity contribution in [3.05, 3.63) is 23.2 Å². The van der Waals surface area contributed by atoms with Gasteiger partial charge in [-0.3, -0.25) is 0 Å². The van der Waals surface area contributed by atoms with E-state index in [1.165, 1.54) is 12.8 Å². The van der Waals surface area contributed by atoms with E-state index in [1.54, 1.807) is 13.3 Å². The lowest BCUT2D eigenvalue weighted by molar-refractivity contribution is 0.0692. The Labute approximate surface area is 94.6 Å². The lowest BCUT2D eigenvalue weighted by atomic mass is 9.95. The minimum atomic E-state index is -0.874. The van der Waals surface area contributed by atoms with Gasteiger partial charge in [0, 0.05) is 5.56 Å². The highest BCUT2D eigenvalue weighted by Gasteiger charge is 2.27. The maximum absolute atomic E-state index is 11.2. The molecule has 0 amide bonds. The van der Waals surface area contributed by atoms with Gasteiger partial charge in [-0.05, 0) is 25.8 Å². The van der Waals surface area contributed by atoms with Gasteiger partial charge in [-0.2, -0.15) is 0 Å². The minimum absolute atomic E-state index is 0.375. The first-order valence-electron chi connectivity index (χ1n) is 5.72. The van der Waals surface area contributed by atoms with Crippen molar-refractivity contribution >= 4 is 5.97 Å². The summed E-state index contributed by atoms with van der Waals surface area (Å²) in [6.45, 7) is 0.467. The van der Waals surface area contributed by atoms with Crippen LogP contribution >= 0.6 is 0 Å². The van der Waals surface area contributed by atoms with E-state index in [0.717, 1.165) is 18.4 Å². The molecule has 0 spiro atoms. The first-order valence-corrected chi connectivity index (χ1v) is 5.72. The van der Waals surface area contributed by atoms with Crippen LogP contribution in [-0.4, -0.2) is 18.1 Å². The summed E-state index contributed by atoms with van der Waals surface area (Å²) in [6.07, 6.45) is 6.18. The standard InChI is InChI=1S/C12H17NO3/c1-13-6-10-11(12(14)15)9(7-16-10)8-4-2-3-5-8/h7-8,13H,2-6H2,1H3,(H,14,15). The molecule has 1 fully saturated rings. The largest absolute Gasteiger partial charge is 0.478 e. The van der Waals surface area contributed by atoms with Crippen LogP contribution in [-0.2, 0) is 6.54 Å². The average Bonchev–Trinajstić information content (AvgIpc) is 2.83. The van der Waals surface area contributed by atoms with E-state index in [2.05, 4.69) is 5.32 Å². The molecular formula is C12H17NO3. The van der Waals surface area contributed by atoms with Crippen LogP contribution in [0.3, 0.4) is 0 Å². The molecule has 0 aliphatic heterocycles. The van der Waals surface area contributed by atoms with Crippen molar-refractivity contribution < 1.29 is 14.3 Å². The van der Waals surface area contributed by atoms with Crippen LogP contribution in [0.25, 0.3) is 0 Å². The van der Waals surface area contributed by atoms with E-state index in [1.807, 2.05) is 0 Å². The number of nitrogens with one attached hydrogen (secondary N) is 1. The van der Waals surface area contributed by atoms with Crippen molar-refractivity contribution in [2.45, 2.75) is 38.1 Å². The number of aromatic carboxylic acids is 1. The van der Waals surface area contributed by atoms with Gasteiger partial charge in [0.05, 0.1) is 12.8 Å². The molecule has 0 bridgehead atoms. The number of carboxylic acids is 1. The van der Waals surface area contributed by atoms with Gasteiger partial charge in [0.15, 0.2) is 0 Å². The Balaban J connectivity index is 2.33. The Morgan fingerprint density at radius 3 is 2.81 bits per heavy atom. The number of hydrogen-bond donors (Lipinski definition) is 2. The molecule has 1 aromatic heterocycles. The molecule has 1 saturated carbocycles. The van der Waals surface area contributed by atoms with Gasteiger partial charge in [-0.25, -0.2) is 4.79 Å². The van der Waals surface area contributed by atoms with Crippen LogP contribution in [0.15, 0.2) is 10.7 Å². The molecule has 2 N–H and O–H groups in total. The molecule has 16 heavy (non-hydrogen) atoms. The molecule has 1 aliphatic rings. The number of furan rings is 1. The van der Waals surface area contributed by atoms with Crippen LogP contribution in [0.2, 0.25) is 0 Å². The fraction of sp³-hybridized carbons (Fsp3) is 0.583. The van der Waals surface area contributed by atoms with E-state index in [-0.39, 0.29) is 0 Å². The zero-order valence-electron chi connectivity index (χ0n) is 9.45. The third-order valence-corrected chi connectivity index (χ3v) is 3.24. The molecule has 2 rings (SSSR count). The SMILES string of the molecule is CNCc1occ(C2CCCC2)c1C(=O)O. The highest BCUT2D eigenvalue weighted by molar-refractivity contribution is 5.90. The van der Waals surface area contributed by atoms with Gasteiger partial charge in [0.2, 0.25) is 0 Å². The normalized spacial score (nSPS) is 16.8. The Morgan fingerprint density at radius 1 is 1.56 bits per heavy atom. The molecule has 88 valence electrons. The zero-order chi connectivity index (χ0) is 11.5. The Morgan fingerprint density at radius 2 is 2.25 bits per heavy atom. The van der Waals surface area contributed by atoms with Crippen LogP contribution in [0, 0.1) is 0 Å². The van der Waals surface area contributed by atoms with E-state index in [0.29, 0.717) is 23.8 Å². The van der Waals surface area contributed by atoms with Crippen molar-refractivity contribution in [3.63, 3.8) is 0 Å². The number of carboxylic acid groups (broad SMARTS) is 1.